The largest absolute Gasteiger partial charge is 0.609 e. The Morgan fingerprint density at radius 3 is 2.50 bits per heavy atom. The average Bonchev–Trinajstić information content (AvgIpc) is 2.36. The molecule has 6 heteroatoms. The summed E-state index contributed by atoms with van der Waals surface area (Å²) in [5.41, 5.74) is 0.00449. The molecule has 5 nitrogen and oxygen atoms in total. The van der Waals surface area contributed by atoms with Crippen LogP contribution in [0.3, 0.4) is 0 Å². The summed E-state index contributed by atoms with van der Waals surface area (Å²) in [5.74, 6) is 0.869. The lowest BCUT2D eigenvalue weighted by Crippen LogP contribution is -2.07. The highest BCUT2D eigenvalue weighted by molar-refractivity contribution is 7.90. The SMILES string of the molecule is COc1cc(OC)c2c(=O)cc([S+](C)[O-])oc2c1. The standard InChI is InChI=1S/C12H12O5S/c1-15-7-4-9(16-2)12-8(13)6-11(18(3)14)17-10(12)5-7/h4-6H,1-3H3. The molecule has 0 aliphatic heterocycles. The van der Waals surface area contributed by atoms with Crippen LogP contribution in [0, 0.1) is 0 Å². The number of fused-ring (bicyclic) bond motifs is 1. The fourth-order valence-corrected chi connectivity index (χ4v) is 2.11. The Balaban J connectivity index is 2.82. The maximum absolute atomic E-state index is 12.0. The molecule has 0 saturated heterocycles. The van der Waals surface area contributed by atoms with E-state index in [2.05, 4.69) is 0 Å². The van der Waals surface area contributed by atoms with Gasteiger partial charge in [-0.05, 0) is 0 Å². The van der Waals surface area contributed by atoms with Crippen molar-refractivity contribution < 1.29 is 18.4 Å². The Labute approximate surface area is 106 Å². The molecule has 0 amide bonds. The van der Waals surface area contributed by atoms with Crippen LogP contribution in [-0.4, -0.2) is 25.0 Å². The lowest BCUT2D eigenvalue weighted by atomic mass is 10.2. The number of rotatable bonds is 3. The Hall–Kier alpha value is -1.66. The molecule has 1 heterocycles. The molecule has 1 unspecified atom stereocenters. The molecule has 96 valence electrons. The highest BCUT2D eigenvalue weighted by Crippen LogP contribution is 2.29. The first kappa shape index (κ1) is 12.8. The molecule has 18 heavy (non-hydrogen) atoms. The summed E-state index contributed by atoms with van der Waals surface area (Å²) < 4.78 is 27.0. The van der Waals surface area contributed by atoms with Crippen LogP contribution in [0.1, 0.15) is 0 Å². The first-order valence-corrected chi connectivity index (χ1v) is 6.66. The van der Waals surface area contributed by atoms with Crippen molar-refractivity contribution in [2.75, 3.05) is 20.5 Å². The number of hydrogen-bond acceptors (Lipinski definition) is 5. The van der Waals surface area contributed by atoms with Gasteiger partial charge in [-0.1, -0.05) is 0 Å². The molecule has 1 atom stereocenters. The van der Waals surface area contributed by atoms with Gasteiger partial charge >= 0.3 is 5.09 Å². The third-order valence-electron chi connectivity index (χ3n) is 2.48. The minimum atomic E-state index is -1.36. The zero-order chi connectivity index (χ0) is 13.3. The van der Waals surface area contributed by atoms with Gasteiger partial charge in [0.05, 0.1) is 20.3 Å². The Bertz CT molecular complexity index is 632. The summed E-state index contributed by atoms with van der Waals surface area (Å²) in [6, 6.07) is 4.38. The van der Waals surface area contributed by atoms with Crippen LogP contribution in [-0.2, 0) is 11.2 Å². The lowest BCUT2D eigenvalue weighted by Gasteiger charge is -2.08. The average molecular weight is 268 g/mol. The summed E-state index contributed by atoms with van der Waals surface area (Å²) in [6.45, 7) is 0. The third-order valence-corrected chi connectivity index (χ3v) is 3.25. The minimum absolute atomic E-state index is 0.128. The van der Waals surface area contributed by atoms with Crippen LogP contribution in [0.2, 0.25) is 0 Å². The predicted molar refractivity (Wildman–Crippen MR) is 67.9 cm³/mol. The van der Waals surface area contributed by atoms with Gasteiger partial charge in [-0.3, -0.25) is 4.79 Å². The van der Waals surface area contributed by atoms with Crippen molar-refractivity contribution in [3.8, 4) is 11.5 Å². The molecular weight excluding hydrogens is 256 g/mol. The monoisotopic (exact) mass is 268 g/mol. The van der Waals surface area contributed by atoms with Gasteiger partial charge in [-0.15, -0.1) is 0 Å². The van der Waals surface area contributed by atoms with Gasteiger partial charge < -0.3 is 18.4 Å². The van der Waals surface area contributed by atoms with E-state index in [4.69, 9.17) is 13.9 Å². The molecule has 0 aliphatic carbocycles. The molecule has 0 radical (unpaired) electrons. The molecule has 0 bridgehead atoms. The van der Waals surface area contributed by atoms with Crippen molar-refractivity contribution in [3.63, 3.8) is 0 Å². The molecule has 1 aromatic heterocycles. The second kappa shape index (κ2) is 4.91. The lowest BCUT2D eigenvalue weighted by molar-refractivity contribution is 0.394. The number of ether oxygens (including phenoxy) is 2. The van der Waals surface area contributed by atoms with Gasteiger partial charge in [-0.25, -0.2) is 0 Å². The normalized spacial score (nSPS) is 12.4. The van der Waals surface area contributed by atoms with E-state index in [0.29, 0.717) is 22.5 Å². The molecule has 2 aromatic rings. The summed E-state index contributed by atoms with van der Waals surface area (Å²) in [5, 5.41) is 0.440. The van der Waals surface area contributed by atoms with E-state index in [1.165, 1.54) is 26.5 Å². The zero-order valence-electron chi connectivity index (χ0n) is 10.2. The molecular formula is C12H12O5S. The zero-order valence-corrected chi connectivity index (χ0v) is 11.0. The number of methoxy groups -OCH3 is 2. The van der Waals surface area contributed by atoms with Gasteiger partial charge in [0.15, 0.2) is 5.58 Å². The molecule has 0 fully saturated rings. The Kier molecular flexibility index (Phi) is 3.49. The van der Waals surface area contributed by atoms with Crippen molar-refractivity contribution in [2.24, 2.45) is 0 Å². The fourth-order valence-electron chi connectivity index (χ4n) is 1.63. The van der Waals surface area contributed by atoms with E-state index < -0.39 is 11.2 Å². The topological polar surface area (TPSA) is 71.7 Å². The van der Waals surface area contributed by atoms with Crippen LogP contribution in [0.15, 0.2) is 32.5 Å². The minimum Gasteiger partial charge on any atom is -0.609 e. The molecule has 0 N–H and O–H groups in total. The highest BCUT2D eigenvalue weighted by atomic mass is 32.2. The van der Waals surface area contributed by atoms with E-state index in [9.17, 15) is 9.35 Å². The third kappa shape index (κ3) is 2.16. The van der Waals surface area contributed by atoms with Crippen molar-refractivity contribution in [2.45, 2.75) is 5.09 Å². The fraction of sp³-hybridized carbons (Fsp3) is 0.250. The van der Waals surface area contributed by atoms with E-state index in [1.54, 1.807) is 12.1 Å². The van der Waals surface area contributed by atoms with E-state index in [-0.39, 0.29) is 10.5 Å². The van der Waals surface area contributed by atoms with Crippen LogP contribution in [0.4, 0.5) is 0 Å². The van der Waals surface area contributed by atoms with Gasteiger partial charge in [0.25, 0.3) is 0 Å². The number of benzene rings is 1. The summed E-state index contributed by atoms with van der Waals surface area (Å²) in [7, 11) is 2.96. The highest BCUT2D eigenvalue weighted by Gasteiger charge is 2.16. The van der Waals surface area contributed by atoms with Gasteiger partial charge in [0, 0.05) is 23.3 Å². The van der Waals surface area contributed by atoms with Crippen LogP contribution in [0.5, 0.6) is 11.5 Å². The van der Waals surface area contributed by atoms with Crippen LogP contribution < -0.4 is 14.9 Å². The molecule has 0 spiro atoms. The first-order chi connectivity index (χ1) is 8.56. The van der Waals surface area contributed by atoms with Crippen molar-refractivity contribution >= 4 is 22.1 Å². The Morgan fingerprint density at radius 1 is 1.22 bits per heavy atom. The number of hydrogen-bond donors (Lipinski definition) is 0. The summed E-state index contributed by atoms with van der Waals surface area (Å²) in [6.07, 6.45) is 1.45. The van der Waals surface area contributed by atoms with E-state index in [0.717, 1.165) is 0 Å². The first-order valence-electron chi connectivity index (χ1n) is 5.10. The van der Waals surface area contributed by atoms with Crippen molar-refractivity contribution in [1.82, 2.24) is 0 Å². The van der Waals surface area contributed by atoms with E-state index in [1.807, 2.05) is 0 Å². The molecule has 0 saturated carbocycles. The molecule has 2 rings (SSSR count). The van der Waals surface area contributed by atoms with Crippen molar-refractivity contribution in [3.05, 3.63) is 28.4 Å². The predicted octanol–water partition coefficient (Wildman–Crippen LogP) is 1.55. The molecule has 1 aromatic carbocycles. The van der Waals surface area contributed by atoms with Gasteiger partial charge in [-0.2, -0.15) is 0 Å². The van der Waals surface area contributed by atoms with Crippen molar-refractivity contribution in [1.29, 1.82) is 0 Å². The summed E-state index contributed by atoms with van der Waals surface area (Å²) in [4.78, 5) is 12.0. The second-order valence-electron chi connectivity index (χ2n) is 3.59. The maximum Gasteiger partial charge on any atom is 0.315 e. The smallest absolute Gasteiger partial charge is 0.315 e. The summed E-state index contributed by atoms with van der Waals surface area (Å²) >= 11 is -1.36. The Morgan fingerprint density at radius 2 is 1.94 bits per heavy atom. The van der Waals surface area contributed by atoms with Gasteiger partial charge in [0.2, 0.25) is 5.43 Å². The van der Waals surface area contributed by atoms with Crippen LogP contribution >= 0.6 is 0 Å². The maximum atomic E-state index is 12.0. The van der Waals surface area contributed by atoms with E-state index >= 15 is 0 Å². The van der Waals surface area contributed by atoms with Gasteiger partial charge in [0.1, 0.15) is 23.1 Å². The van der Waals surface area contributed by atoms with Crippen LogP contribution in [0.25, 0.3) is 11.0 Å². The quantitative estimate of drug-likeness (QED) is 0.790. The molecule has 0 aliphatic rings. The second-order valence-corrected chi connectivity index (χ2v) is 4.90.